The molecule has 0 rings (SSSR count). The largest absolute Gasteiger partial charge is 0.466 e. The lowest BCUT2D eigenvalue weighted by molar-refractivity contribution is -0.143. The Labute approximate surface area is 462 Å². The third-order valence-corrected chi connectivity index (χ3v) is 15.7. The highest BCUT2D eigenvalue weighted by Gasteiger charge is 2.18. The predicted octanol–water partition coefficient (Wildman–Crippen LogP) is 21.4. The van der Waals surface area contributed by atoms with Crippen molar-refractivity contribution in [1.29, 1.82) is 0 Å². The number of amides is 1. The van der Waals surface area contributed by atoms with Crippen LogP contribution >= 0.6 is 0 Å². The van der Waals surface area contributed by atoms with Crippen LogP contribution in [0.5, 0.6) is 0 Å². The number of unbranched alkanes of at least 4 members (excludes halogenated alkanes) is 50. The first-order chi connectivity index (χ1) is 36.5. The molecule has 2 atom stereocenters. The molecule has 6 nitrogen and oxygen atoms in total. The van der Waals surface area contributed by atoms with Crippen molar-refractivity contribution in [2.75, 3.05) is 13.2 Å². The molecule has 0 fully saturated rings. The van der Waals surface area contributed by atoms with E-state index in [0.717, 1.165) is 44.9 Å². The van der Waals surface area contributed by atoms with Gasteiger partial charge >= 0.3 is 5.97 Å². The van der Waals surface area contributed by atoms with Crippen molar-refractivity contribution in [3.05, 3.63) is 24.3 Å². The zero-order valence-corrected chi connectivity index (χ0v) is 50.1. The SMILES string of the molecule is CCCCC/C=C\CCCCCCCC(=O)OCCCCCCCCCCCCCCCCCCCCCCCCCCCCCC(=O)NC(CO)C(O)/C=C/CCCCCCCCCCCCCCCCCC. The maximum atomic E-state index is 12.5. The average molecular weight is 1040 g/mol. The monoisotopic (exact) mass is 1040 g/mol. The predicted molar refractivity (Wildman–Crippen MR) is 324 cm³/mol. The van der Waals surface area contributed by atoms with Gasteiger partial charge in [-0.2, -0.15) is 0 Å². The Morgan fingerprint density at radius 2 is 0.635 bits per heavy atom. The van der Waals surface area contributed by atoms with Crippen molar-refractivity contribution >= 4 is 11.9 Å². The molecule has 0 saturated heterocycles. The summed E-state index contributed by atoms with van der Waals surface area (Å²) in [6.07, 6.45) is 79.6. The molecule has 0 aliphatic rings. The summed E-state index contributed by atoms with van der Waals surface area (Å²) in [5.41, 5.74) is 0. The van der Waals surface area contributed by atoms with Gasteiger partial charge in [0.05, 0.1) is 25.4 Å². The Balaban J connectivity index is 3.37. The Morgan fingerprint density at radius 3 is 0.986 bits per heavy atom. The number of esters is 1. The molecule has 0 spiro atoms. The van der Waals surface area contributed by atoms with Crippen LogP contribution in [0, 0.1) is 0 Å². The third-order valence-electron chi connectivity index (χ3n) is 15.7. The molecule has 0 bridgehead atoms. The maximum Gasteiger partial charge on any atom is 0.305 e. The molecule has 0 heterocycles. The fourth-order valence-corrected chi connectivity index (χ4v) is 10.6. The summed E-state index contributed by atoms with van der Waals surface area (Å²) in [5.74, 6) is -0.0541. The number of carbonyl (C=O) groups excluding carboxylic acids is 2. The number of ether oxygens (including phenoxy) is 1. The molecule has 0 radical (unpaired) electrons. The zero-order valence-electron chi connectivity index (χ0n) is 50.1. The molecule has 3 N–H and O–H groups in total. The van der Waals surface area contributed by atoms with Crippen LogP contribution in [0.25, 0.3) is 0 Å². The van der Waals surface area contributed by atoms with E-state index in [-0.39, 0.29) is 18.5 Å². The summed E-state index contributed by atoms with van der Waals surface area (Å²) in [7, 11) is 0. The van der Waals surface area contributed by atoms with Gasteiger partial charge in [-0.1, -0.05) is 327 Å². The Hall–Kier alpha value is -1.66. The second kappa shape index (κ2) is 63.9. The first-order valence-corrected chi connectivity index (χ1v) is 33.6. The van der Waals surface area contributed by atoms with Gasteiger partial charge in [-0.05, 0) is 57.8 Å². The minimum absolute atomic E-state index is 0.00800. The second-order valence-corrected chi connectivity index (χ2v) is 23.2. The van der Waals surface area contributed by atoms with Gasteiger partial charge < -0.3 is 20.3 Å². The van der Waals surface area contributed by atoms with E-state index in [0.29, 0.717) is 19.4 Å². The number of nitrogens with one attached hydrogen (secondary N) is 1. The third kappa shape index (κ3) is 59.6. The van der Waals surface area contributed by atoms with Crippen molar-refractivity contribution in [1.82, 2.24) is 5.32 Å². The molecule has 438 valence electrons. The van der Waals surface area contributed by atoms with Gasteiger partial charge in [-0.15, -0.1) is 0 Å². The fraction of sp³-hybridized carbons (Fsp3) is 0.912. The number of aliphatic hydroxyl groups excluding tert-OH is 2. The van der Waals surface area contributed by atoms with E-state index in [2.05, 4.69) is 31.3 Å². The lowest BCUT2D eigenvalue weighted by Gasteiger charge is -2.20. The highest BCUT2D eigenvalue weighted by molar-refractivity contribution is 5.76. The molecule has 0 aromatic carbocycles. The minimum Gasteiger partial charge on any atom is -0.466 e. The van der Waals surface area contributed by atoms with Crippen molar-refractivity contribution in [2.45, 2.75) is 386 Å². The summed E-state index contributed by atoms with van der Waals surface area (Å²) in [6, 6.07) is -0.626. The standard InChI is InChI=1S/C68H131NO5/c1-3-5-7-9-11-13-15-17-18-19-31-34-37-40-44-48-52-56-60-66(71)65(64-70)69-67(72)61-57-53-49-45-41-38-35-32-29-27-25-23-21-20-22-24-26-28-30-33-36-39-43-47-51-55-59-63-74-68(73)62-58-54-50-46-42-16-14-12-10-8-6-4-2/h12,14,56,60,65-66,70-71H,3-11,13,15-55,57-59,61-64H2,1-2H3,(H,69,72)/b14-12-,60-56+. The maximum absolute atomic E-state index is 12.5. The van der Waals surface area contributed by atoms with Crippen molar-refractivity contribution in [3.63, 3.8) is 0 Å². The van der Waals surface area contributed by atoms with Crippen LogP contribution in [-0.4, -0.2) is 47.4 Å². The van der Waals surface area contributed by atoms with Gasteiger partial charge in [0.2, 0.25) is 5.91 Å². The number of carbonyl (C=O) groups is 2. The van der Waals surface area contributed by atoms with Crippen molar-refractivity contribution in [3.8, 4) is 0 Å². The van der Waals surface area contributed by atoms with E-state index in [9.17, 15) is 19.8 Å². The van der Waals surface area contributed by atoms with E-state index < -0.39 is 12.1 Å². The number of aliphatic hydroxyl groups is 2. The second-order valence-electron chi connectivity index (χ2n) is 23.2. The average Bonchev–Trinajstić information content (AvgIpc) is 3.40. The lowest BCUT2D eigenvalue weighted by Crippen LogP contribution is -2.45. The molecule has 74 heavy (non-hydrogen) atoms. The van der Waals surface area contributed by atoms with E-state index in [1.165, 1.54) is 302 Å². The van der Waals surface area contributed by atoms with Gasteiger partial charge in [0.1, 0.15) is 0 Å². The van der Waals surface area contributed by atoms with Crippen LogP contribution in [0.1, 0.15) is 373 Å². The van der Waals surface area contributed by atoms with Gasteiger partial charge in [-0.3, -0.25) is 9.59 Å². The van der Waals surface area contributed by atoms with Gasteiger partial charge in [0, 0.05) is 12.8 Å². The highest BCUT2D eigenvalue weighted by atomic mass is 16.5. The molecular formula is C68H131NO5. The van der Waals surface area contributed by atoms with Crippen LogP contribution in [0.15, 0.2) is 24.3 Å². The van der Waals surface area contributed by atoms with Crippen LogP contribution < -0.4 is 5.32 Å². The Kier molecular flexibility index (Phi) is 62.4. The number of rotatable bonds is 63. The summed E-state index contributed by atoms with van der Waals surface area (Å²) in [5, 5.41) is 23.2. The zero-order chi connectivity index (χ0) is 53.6. The first kappa shape index (κ1) is 72.3. The lowest BCUT2D eigenvalue weighted by atomic mass is 10.0. The summed E-state index contributed by atoms with van der Waals surface area (Å²) >= 11 is 0. The molecule has 6 heteroatoms. The first-order valence-electron chi connectivity index (χ1n) is 33.6. The quantitative estimate of drug-likeness (QED) is 0.0320. The van der Waals surface area contributed by atoms with Gasteiger partial charge in [-0.25, -0.2) is 0 Å². The molecule has 0 aromatic heterocycles. The van der Waals surface area contributed by atoms with Gasteiger partial charge in [0.25, 0.3) is 0 Å². The number of allylic oxidation sites excluding steroid dienone is 3. The summed E-state index contributed by atoms with van der Waals surface area (Å²) in [6.45, 7) is 4.91. The molecule has 0 aliphatic carbocycles. The number of hydrogen-bond donors (Lipinski definition) is 3. The van der Waals surface area contributed by atoms with Crippen LogP contribution in [0.3, 0.4) is 0 Å². The summed E-state index contributed by atoms with van der Waals surface area (Å²) in [4.78, 5) is 24.5. The van der Waals surface area contributed by atoms with E-state index in [1.807, 2.05) is 6.08 Å². The van der Waals surface area contributed by atoms with Crippen LogP contribution in [0.4, 0.5) is 0 Å². The molecule has 1 amide bonds. The summed E-state index contributed by atoms with van der Waals surface area (Å²) < 4.78 is 5.47. The van der Waals surface area contributed by atoms with Crippen molar-refractivity contribution in [2.24, 2.45) is 0 Å². The Bertz CT molecular complexity index is 1150. The van der Waals surface area contributed by atoms with Crippen molar-refractivity contribution < 1.29 is 24.5 Å². The van der Waals surface area contributed by atoms with Crippen LogP contribution in [-0.2, 0) is 14.3 Å². The molecular weight excluding hydrogens is 911 g/mol. The van der Waals surface area contributed by atoms with E-state index in [1.54, 1.807) is 6.08 Å². The fourth-order valence-electron chi connectivity index (χ4n) is 10.6. The molecule has 0 aliphatic heterocycles. The minimum atomic E-state index is -0.843. The van der Waals surface area contributed by atoms with E-state index >= 15 is 0 Å². The number of hydrogen-bond acceptors (Lipinski definition) is 5. The smallest absolute Gasteiger partial charge is 0.305 e. The highest BCUT2D eigenvalue weighted by Crippen LogP contribution is 2.18. The van der Waals surface area contributed by atoms with Crippen LogP contribution in [0.2, 0.25) is 0 Å². The molecule has 2 unspecified atom stereocenters. The van der Waals surface area contributed by atoms with E-state index in [4.69, 9.17) is 4.74 Å². The molecule has 0 aromatic rings. The molecule has 0 saturated carbocycles. The normalized spacial score (nSPS) is 12.6. The Morgan fingerprint density at radius 1 is 0.365 bits per heavy atom. The topological polar surface area (TPSA) is 95.9 Å². The van der Waals surface area contributed by atoms with Gasteiger partial charge in [0.15, 0.2) is 0 Å².